The summed E-state index contributed by atoms with van der Waals surface area (Å²) in [6.45, 7) is 0. The number of aromatic nitrogens is 3. The van der Waals surface area contributed by atoms with Gasteiger partial charge in [0, 0.05) is 31.9 Å². The van der Waals surface area contributed by atoms with Gasteiger partial charge in [-0.3, -0.25) is 14.7 Å². The lowest BCUT2D eigenvalue weighted by atomic mass is 10.3. The molecule has 0 aliphatic carbocycles. The maximum atomic E-state index is 11.7. The third-order valence-electron chi connectivity index (χ3n) is 2.71. The Labute approximate surface area is 112 Å². The zero-order valence-corrected chi connectivity index (χ0v) is 10.7. The molecule has 1 aromatic carbocycles. The predicted octanol–water partition coefficient (Wildman–Crippen LogP) is 0.131. The van der Waals surface area contributed by atoms with Gasteiger partial charge < -0.3 is 5.32 Å². The Morgan fingerprint density at radius 3 is 2.30 bits per heavy atom. The van der Waals surface area contributed by atoms with E-state index in [0.29, 0.717) is 5.69 Å². The van der Waals surface area contributed by atoms with Gasteiger partial charge in [0.05, 0.1) is 4.92 Å². The number of nitrogens with zero attached hydrogens (tertiary/aromatic N) is 4. The van der Waals surface area contributed by atoms with Gasteiger partial charge in [-0.05, 0) is 12.1 Å². The molecular formula is C11H11N5O4. The van der Waals surface area contributed by atoms with Crippen LogP contribution in [0.1, 0.15) is 0 Å². The fourth-order valence-corrected chi connectivity index (χ4v) is 1.55. The molecule has 0 aliphatic heterocycles. The zero-order valence-electron chi connectivity index (χ0n) is 10.7. The Morgan fingerprint density at radius 2 is 1.75 bits per heavy atom. The SMILES string of the molecule is Cn1c(Nc2ccc([N+](=O)[O-])cc2)nc(=O)n(C)c1=O. The van der Waals surface area contributed by atoms with Crippen LogP contribution in [0, 0.1) is 10.1 Å². The molecule has 2 rings (SSSR count). The van der Waals surface area contributed by atoms with Crippen molar-refractivity contribution in [2.45, 2.75) is 0 Å². The Kier molecular flexibility index (Phi) is 3.34. The summed E-state index contributed by atoms with van der Waals surface area (Å²) in [6.07, 6.45) is 0. The first-order chi connectivity index (χ1) is 9.40. The number of rotatable bonds is 3. The molecule has 2 aromatic rings. The van der Waals surface area contributed by atoms with E-state index in [1.807, 2.05) is 0 Å². The predicted molar refractivity (Wildman–Crippen MR) is 71.1 cm³/mol. The third-order valence-corrected chi connectivity index (χ3v) is 2.71. The highest BCUT2D eigenvalue weighted by Crippen LogP contribution is 2.17. The Bertz CT molecular complexity index is 775. The number of non-ortho nitro benzene ring substituents is 1. The van der Waals surface area contributed by atoms with Gasteiger partial charge >= 0.3 is 11.4 Å². The number of nitrogens with one attached hydrogen (secondary N) is 1. The number of nitro groups is 1. The van der Waals surface area contributed by atoms with Gasteiger partial charge in [-0.25, -0.2) is 14.2 Å². The van der Waals surface area contributed by atoms with Crippen LogP contribution < -0.4 is 16.7 Å². The van der Waals surface area contributed by atoms with Crippen LogP contribution >= 0.6 is 0 Å². The number of hydrogen-bond acceptors (Lipinski definition) is 6. The van der Waals surface area contributed by atoms with Gasteiger partial charge in [-0.15, -0.1) is 0 Å². The summed E-state index contributed by atoms with van der Waals surface area (Å²) in [5.74, 6) is 0.0620. The molecule has 9 heteroatoms. The molecule has 0 radical (unpaired) electrons. The van der Waals surface area contributed by atoms with Gasteiger partial charge in [0.25, 0.3) is 5.69 Å². The number of nitro benzene ring substituents is 1. The maximum absolute atomic E-state index is 11.7. The van der Waals surface area contributed by atoms with Crippen molar-refractivity contribution in [2.75, 3.05) is 5.32 Å². The van der Waals surface area contributed by atoms with Crippen molar-refractivity contribution in [1.82, 2.24) is 14.1 Å². The Morgan fingerprint density at radius 1 is 1.15 bits per heavy atom. The van der Waals surface area contributed by atoms with Crippen LogP contribution in [0.3, 0.4) is 0 Å². The lowest BCUT2D eigenvalue weighted by molar-refractivity contribution is -0.384. The summed E-state index contributed by atoms with van der Waals surface area (Å²) in [7, 11) is 2.79. The topological polar surface area (TPSA) is 112 Å². The second kappa shape index (κ2) is 4.96. The normalized spacial score (nSPS) is 10.3. The Hall–Kier alpha value is -2.97. The minimum Gasteiger partial charge on any atom is -0.325 e. The molecule has 0 spiro atoms. The second-order valence-corrected chi connectivity index (χ2v) is 4.05. The lowest BCUT2D eigenvalue weighted by Crippen LogP contribution is -2.39. The molecular weight excluding hydrogens is 266 g/mol. The molecule has 1 aromatic heterocycles. The molecule has 0 aliphatic rings. The second-order valence-electron chi connectivity index (χ2n) is 4.05. The van der Waals surface area contributed by atoms with E-state index in [0.717, 1.165) is 4.57 Å². The molecule has 0 saturated carbocycles. The van der Waals surface area contributed by atoms with Gasteiger partial charge in [-0.2, -0.15) is 4.98 Å². The zero-order chi connectivity index (χ0) is 14.9. The van der Waals surface area contributed by atoms with Crippen LogP contribution in [0.15, 0.2) is 33.9 Å². The van der Waals surface area contributed by atoms with E-state index in [1.165, 1.54) is 42.9 Å². The van der Waals surface area contributed by atoms with E-state index in [-0.39, 0.29) is 11.6 Å². The smallest absolute Gasteiger partial charge is 0.325 e. The first-order valence-corrected chi connectivity index (χ1v) is 5.55. The van der Waals surface area contributed by atoms with E-state index in [4.69, 9.17) is 0 Å². The minimum atomic E-state index is -0.683. The summed E-state index contributed by atoms with van der Waals surface area (Å²) >= 11 is 0. The summed E-state index contributed by atoms with van der Waals surface area (Å²) in [5, 5.41) is 13.3. The van der Waals surface area contributed by atoms with Gasteiger partial charge in [0.2, 0.25) is 5.95 Å². The summed E-state index contributed by atoms with van der Waals surface area (Å²) < 4.78 is 2.05. The van der Waals surface area contributed by atoms with E-state index in [9.17, 15) is 19.7 Å². The first-order valence-electron chi connectivity index (χ1n) is 5.55. The van der Waals surface area contributed by atoms with Crippen LogP contribution in [0.4, 0.5) is 17.3 Å². The van der Waals surface area contributed by atoms with Crippen LogP contribution in [0.25, 0.3) is 0 Å². The van der Waals surface area contributed by atoms with Crippen LogP contribution in [0.5, 0.6) is 0 Å². The van der Waals surface area contributed by atoms with Gasteiger partial charge in [0.15, 0.2) is 0 Å². The molecule has 0 bridgehead atoms. The van der Waals surface area contributed by atoms with Gasteiger partial charge in [0.1, 0.15) is 0 Å². The van der Waals surface area contributed by atoms with Crippen molar-refractivity contribution in [2.24, 2.45) is 14.1 Å². The molecule has 0 saturated heterocycles. The fourth-order valence-electron chi connectivity index (χ4n) is 1.55. The largest absolute Gasteiger partial charge is 0.354 e. The van der Waals surface area contributed by atoms with Crippen molar-refractivity contribution in [1.29, 1.82) is 0 Å². The number of anilines is 2. The maximum Gasteiger partial charge on any atom is 0.354 e. The fraction of sp³-hybridized carbons (Fsp3) is 0.182. The summed E-state index contributed by atoms with van der Waals surface area (Å²) in [4.78, 5) is 36.9. The van der Waals surface area contributed by atoms with Crippen LogP contribution in [0.2, 0.25) is 0 Å². The molecule has 0 unspecified atom stereocenters. The standard InChI is InChI=1S/C11H11N5O4/c1-14-9(13-10(17)15(2)11(14)18)12-7-3-5-8(6-4-7)16(19)20/h3-6H,1-2H3,(H,12,13,17). The summed E-state index contributed by atoms with van der Waals surface area (Å²) in [6, 6.07) is 5.53. The average molecular weight is 277 g/mol. The van der Waals surface area contributed by atoms with E-state index >= 15 is 0 Å². The number of hydrogen-bond donors (Lipinski definition) is 1. The highest BCUT2D eigenvalue weighted by atomic mass is 16.6. The van der Waals surface area contributed by atoms with Crippen molar-refractivity contribution in [3.8, 4) is 0 Å². The third kappa shape index (κ3) is 2.41. The molecule has 9 nitrogen and oxygen atoms in total. The molecule has 104 valence electrons. The van der Waals surface area contributed by atoms with Crippen molar-refractivity contribution >= 4 is 17.3 Å². The molecule has 1 N–H and O–H groups in total. The van der Waals surface area contributed by atoms with Crippen LogP contribution in [-0.4, -0.2) is 19.0 Å². The first kappa shape index (κ1) is 13.5. The monoisotopic (exact) mass is 277 g/mol. The summed E-state index contributed by atoms with van der Waals surface area (Å²) in [5.41, 5.74) is -0.778. The number of benzene rings is 1. The average Bonchev–Trinajstić information content (AvgIpc) is 2.43. The lowest BCUT2D eigenvalue weighted by Gasteiger charge is -2.09. The highest BCUT2D eigenvalue weighted by molar-refractivity contribution is 5.55. The van der Waals surface area contributed by atoms with E-state index < -0.39 is 16.3 Å². The van der Waals surface area contributed by atoms with E-state index in [2.05, 4.69) is 10.3 Å². The molecule has 0 fully saturated rings. The van der Waals surface area contributed by atoms with Crippen LogP contribution in [-0.2, 0) is 14.1 Å². The molecule has 0 amide bonds. The molecule has 0 atom stereocenters. The van der Waals surface area contributed by atoms with Gasteiger partial charge in [-0.1, -0.05) is 0 Å². The quantitative estimate of drug-likeness (QED) is 0.630. The van der Waals surface area contributed by atoms with Crippen molar-refractivity contribution in [3.63, 3.8) is 0 Å². The molecule has 1 heterocycles. The highest BCUT2D eigenvalue weighted by Gasteiger charge is 2.09. The van der Waals surface area contributed by atoms with Crippen molar-refractivity contribution < 1.29 is 4.92 Å². The minimum absolute atomic E-state index is 0.0543. The molecule has 20 heavy (non-hydrogen) atoms. The van der Waals surface area contributed by atoms with E-state index in [1.54, 1.807) is 0 Å². The Balaban J connectivity index is 2.38. The van der Waals surface area contributed by atoms with Crippen molar-refractivity contribution in [3.05, 3.63) is 55.3 Å².